The Kier molecular flexibility index (Phi) is 5.37. The van der Waals surface area contributed by atoms with Crippen molar-refractivity contribution >= 4 is 28.7 Å². The van der Waals surface area contributed by atoms with Crippen molar-refractivity contribution < 1.29 is 0 Å². The lowest BCUT2D eigenvalue weighted by molar-refractivity contribution is 0.485. The van der Waals surface area contributed by atoms with Crippen LogP contribution in [0.3, 0.4) is 0 Å². The molecule has 1 aliphatic heterocycles. The number of para-hydroxylation sites is 1. The Morgan fingerprint density at radius 3 is 2.19 bits per heavy atom. The summed E-state index contributed by atoms with van der Waals surface area (Å²) in [4.78, 5) is 6.32. The van der Waals surface area contributed by atoms with E-state index in [2.05, 4.69) is 56.4 Å². The molecule has 0 bridgehead atoms. The van der Waals surface area contributed by atoms with E-state index in [0.29, 0.717) is 5.02 Å². The number of halogens is 1. The van der Waals surface area contributed by atoms with Gasteiger partial charge in [-0.1, -0.05) is 54.1 Å². The summed E-state index contributed by atoms with van der Waals surface area (Å²) >= 11 is 6.16. The Balaban J connectivity index is 1.68. The zero-order valence-corrected chi connectivity index (χ0v) is 18.6. The Bertz CT molecular complexity index is 1200. The maximum absolute atomic E-state index is 6.16. The highest BCUT2D eigenvalue weighted by Crippen LogP contribution is 2.43. The van der Waals surface area contributed by atoms with Gasteiger partial charge in [0, 0.05) is 30.4 Å². The standard InChI is InChI=1S/C25H23ClN6/c1-30(2)21-14-10-19(11-15-21)24-25(31-17-27-16-28-31)23(18-8-12-20(26)13-9-18)29-32(24)22-6-4-3-5-7-22/h3-17,24-25H,1-2H3. The van der Waals surface area contributed by atoms with Crippen molar-refractivity contribution in [1.29, 1.82) is 0 Å². The number of hydrogen-bond donors (Lipinski definition) is 0. The summed E-state index contributed by atoms with van der Waals surface area (Å²) in [5, 5.41) is 12.4. The summed E-state index contributed by atoms with van der Waals surface area (Å²) in [6.07, 6.45) is 3.32. The van der Waals surface area contributed by atoms with E-state index in [0.717, 1.165) is 28.2 Å². The fraction of sp³-hybridized carbons (Fsp3) is 0.160. The number of benzene rings is 3. The van der Waals surface area contributed by atoms with Crippen LogP contribution >= 0.6 is 11.6 Å². The van der Waals surface area contributed by atoms with Gasteiger partial charge in [0.2, 0.25) is 0 Å². The van der Waals surface area contributed by atoms with Crippen LogP contribution in [0, 0.1) is 0 Å². The minimum Gasteiger partial charge on any atom is -0.378 e. The monoisotopic (exact) mass is 442 g/mol. The van der Waals surface area contributed by atoms with E-state index in [4.69, 9.17) is 16.7 Å². The van der Waals surface area contributed by atoms with Gasteiger partial charge in [-0.05, 0) is 42.0 Å². The molecule has 0 fully saturated rings. The molecule has 6 nitrogen and oxygen atoms in total. The minimum absolute atomic E-state index is 0.0963. The van der Waals surface area contributed by atoms with Gasteiger partial charge in [0.15, 0.2) is 0 Å². The normalized spacial score (nSPS) is 18.0. The quantitative estimate of drug-likeness (QED) is 0.426. The van der Waals surface area contributed by atoms with Crippen molar-refractivity contribution in [2.24, 2.45) is 5.10 Å². The molecule has 2 atom stereocenters. The lowest BCUT2D eigenvalue weighted by Crippen LogP contribution is -2.29. The first-order valence-electron chi connectivity index (χ1n) is 10.4. The lowest BCUT2D eigenvalue weighted by atomic mass is 9.93. The Hall–Kier alpha value is -3.64. The minimum atomic E-state index is -0.163. The smallest absolute Gasteiger partial charge is 0.137 e. The molecule has 1 aromatic heterocycles. The van der Waals surface area contributed by atoms with E-state index in [-0.39, 0.29) is 12.1 Å². The molecule has 2 unspecified atom stereocenters. The average Bonchev–Trinajstić information content (AvgIpc) is 3.48. The molecule has 0 spiro atoms. The van der Waals surface area contributed by atoms with Crippen molar-refractivity contribution in [3.63, 3.8) is 0 Å². The van der Waals surface area contributed by atoms with Crippen molar-refractivity contribution in [1.82, 2.24) is 14.8 Å². The molecule has 0 N–H and O–H groups in total. The van der Waals surface area contributed by atoms with Gasteiger partial charge >= 0.3 is 0 Å². The third-order valence-corrected chi connectivity index (χ3v) is 5.94. The van der Waals surface area contributed by atoms with E-state index >= 15 is 0 Å². The molecule has 3 aromatic carbocycles. The Morgan fingerprint density at radius 1 is 0.844 bits per heavy atom. The second-order valence-corrected chi connectivity index (χ2v) is 8.36. The SMILES string of the molecule is CN(C)c1ccc(C2C(n3cncn3)C(c3ccc(Cl)cc3)=NN2c2ccccc2)cc1. The van der Waals surface area contributed by atoms with Gasteiger partial charge < -0.3 is 4.90 Å². The third kappa shape index (κ3) is 3.74. The molecular weight excluding hydrogens is 420 g/mol. The molecule has 0 aliphatic carbocycles. The zero-order valence-electron chi connectivity index (χ0n) is 17.9. The second kappa shape index (κ2) is 8.48. The molecule has 32 heavy (non-hydrogen) atoms. The van der Waals surface area contributed by atoms with E-state index in [1.54, 1.807) is 12.7 Å². The molecule has 0 saturated heterocycles. The van der Waals surface area contributed by atoms with Crippen LogP contribution in [0.5, 0.6) is 0 Å². The van der Waals surface area contributed by atoms with E-state index in [1.807, 2.05) is 61.2 Å². The molecule has 0 saturated carbocycles. The lowest BCUT2D eigenvalue weighted by Gasteiger charge is -2.29. The highest BCUT2D eigenvalue weighted by atomic mass is 35.5. The van der Waals surface area contributed by atoms with Crippen LogP contribution in [0.25, 0.3) is 0 Å². The van der Waals surface area contributed by atoms with Gasteiger partial charge in [0.1, 0.15) is 24.7 Å². The van der Waals surface area contributed by atoms with E-state index < -0.39 is 0 Å². The first-order valence-corrected chi connectivity index (χ1v) is 10.8. The largest absolute Gasteiger partial charge is 0.378 e. The predicted molar refractivity (Wildman–Crippen MR) is 129 cm³/mol. The number of anilines is 2. The van der Waals surface area contributed by atoms with Gasteiger partial charge in [-0.2, -0.15) is 10.2 Å². The summed E-state index contributed by atoms with van der Waals surface area (Å²) in [5.41, 5.74) is 5.23. The summed E-state index contributed by atoms with van der Waals surface area (Å²) in [6.45, 7) is 0. The molecule has 7 heteroatoms. The van der Waals surface area contributed by atoms with Gasteiger partial charge in [-0.25, -0.2) is 9.67 Å². The number of aromatic nitrogens is 3. The molecule has 2 heterocycles. The number of nitrogens with zero attached hydrogens (tertiary/aromatic N) is 6. The van der Waals surface area contributed by atoms with Crippen LogP contribution in [0.4, 0.5) is 11.4 Å². The molecule has 4 aromatic rings. The topological polar surface area (TPSA) is 49.6 Å². The Labute approximate surface area is 192 Å². The molecule has 0 radical (unpaired) electrons. The van der Waals surface area contributed by atoms with Crippen molar-refractivity contribution in [3.8, 4) is 0 Å². The highest BCUT2D eigenvalue weighted by molar-refractivity contribution is 6.30. The number of hydrazone groups is 1. The van der Waals surface area contributed by atoms with Crippen LogP contribution in [-0.4, -0.2) is 34.6 Å². The third-order valence-electron chi connectivity index (χ3n) is 5.69. The van der Waals surface area contributed by atoms with Crippen molar-refractivity contribution in [3.05, 3.63) is 108 Å². The molecule has 5 rings (SSSR count). The van der Waals surface area contributed by atoms with Crippen LogP contribution in [0.15, 0.2) is 96.6 Å². The van der Waals surface area contributed by atoms with Crippen LogP contribution in [0.2, 0.25) is 5.02 Å². The van der Waals surface area contributed by atoms with Gasteiger partial charge in [-0.3, -0.25) is 5.01 Å². The Morgan fingerprint density at radius 2 is 1.56 bits per heavy atom. The number of hydrogen-bond acceptors (Lipinski definition) is 5. The van der Waals surface area contributed by atoms with Crippen LogP contribution in [0.1, 0.15) is 23.2 Å². The molecule has 0 amide bonds. The summed E-state index contributed by atoms with van der Waals surface area (Å²) in [6, 6.07) is 26.4. The summed E-state index contributed by atoms with van der Waals surface area (Å²) in [5.74, 6) is 0. The maximum atomic E-state index is 6.16. The van der Waals surface area contributed by atoms with Gasteiger partial charge in [-0.15, -0.1) is 0 Å². The van der Waals surface area contributed by atoms with Crippen LogP contribution < -0.4 is 9.91 Å². The predicted octanol–water partition coefficient (Wildman–Crippen LogP) is 5.20. The van der Waals surface area contributed by atoms with Gasteiger partial charge in [0.05, 0.1) is 11.4 Å². The van der Waals surface area contributed by atoms with E-state index in [9.17, 15) is 0 Å². The molecular formula is C25H23ClN6. The highest BCUT2D eigenvalue weighted by Gasteiger charge is 2.41. The molecule has 1 aliphatic rings. The first kappa shape index (κ1) is 20.3. The fourth-order valence-electron chi connectivity index (χ4n) is 4.09. The maximum Gasteiger partial charge on any atom is 0.137 e. The summed E-state index contributed by atoms with van der Waals surface area (Å²) in [7, 11) is 4.08. The number of rotatable bonds is 5. The molecule has 160 valence electrons. The van der Waals surface area contributed by atoms with Gasteiger partial charge in [0.25, 0.3) is 0 Å². The zero-order chi connectivity index (χ0) is 22.1. The first-order chi connectivity index (χ1) is 15.6. The van der Waals surface area contributed by atoms with Crippen molar-refractivity contribution in [2.45, 2.75) is 12.1 Å². The fourth-order valence-corrected chi connectivity index (χ4v) is 4.22. The second-order valence-electron chi connectivity index (χ2n) is 7.92. The van der Waals surface area contributed by atoms with E-state index in [1.165, 1.54) is 0 Å². The van der Waals surface area contributed by atoms with Crippen LogP contribution in [-0.2, 0) is 0 Å². The summed E-state index contributed by atoms with van der Waals surface area (Å²) < 4.78 is 1.89. The average molecular weight is 443 g/mol. The van der Waals surface area contributed by atoms with Crippen molar-refractivity contribution in [2.75, 3.05) is 24.0 Å².